The Morgan fingerprint density at radius 1 is 0.607 bits per heavy atom. The Labute approximate surface area is 174 Å². The molecule has 0 unspecified atom stereocenters. The zero-order valence-electron chi connectivity index (χ0n) is 19.1. The second-order valence-electron chi connectivity index (χ2n) is 7.14. The van der Waals surface area contributed by atoms with Crippen LogP contribution in [0.25, 0.3) is 0 Å². The molecule has 0 aliphatic carbocycles. The molecular weight excluding hydrogens is 352 g/mol. The molecular formula is C24H46O4. The smallest absolute Gasteiger partial charge is 0.306 e. The third kappa shape index (κ3) is 26.9. The Morgan fingerprint density at radius 3 is 1.68 bits per heavy atom. The molecule has 0 saturated carbocycles. The Hall–Kier alpha value is -1.32. The Bertz CT molecular complexity index is 364. The molecule has 4 nitrogen and oxygen atoms in total. The van der Waals surface area contributed by atoms with Gasteiger partial charge in [-0.3, -0.25) is 9.59 Å². The van der Waals surface area contributed by atoms with Gasteiger partial charge >= 0.3 is 11.9 Å². The van der Waals surface area contributed by atoms with Crippen molar-refractivity contribution in [3.05, 3.63) is 12.2 Å². The highest BCUT2D eigenvalue weighted by molar-refractivity contribution is 5.69. The van der Waals surface area contributed by atoms with Gasteiger partial charge in [0, 0.05) is 12.8 Å². The van der Waals surface area contributed by atoms with Crippen LogP contribution in [0.3, 0.4) is 0 Å². The fourth-order valence-electron chi connectivity index (χ4n) is 2.39. The number of unbranched alkanes of at least 4 members (excludes halogenated alkanes) is 8. The van der Waals surface area contributed by atoms with Gasteiger partial charge in [0.25, 0.3) is 0 Å². The van der Waals surface area contributed by atoms with E-state index >= 15 is 0 Å². The first-order valence-corrected chi connectivity index (χ1v) is 11.6. The Balaban J connectivity index is 0. The second-order valence-corrected chi connectivity index (χ2v) is 7.14. The van der Waals surface area contributed by atoms with Crippen molar-refractivity contribution < 1.29 is 19.1 Å². The van der Waals surface area contributed by atoms with Gasteiger partial charge in [0.2, 0.25) is 0 Å². The number of ether oxygens (including phenoxy) is 2. The van der Waals surface area contributed by atoms with Crippen LogP contribution in [0.1, 0.15) is 118 Å². The molecule has 0 atom stereocenters. The third-order valence-electron chi connectivity index (χ3n) is 4.19. The van der Waals surface area contributed by atoms with E-state index < -0.39 is 0 Å². The van der Waals surface area contributed by atoms with Gasteiger partial charge in [-0.25, -0.2) is 0 Å². The summed E-state index contributed by atoms with van der Waals surface area (Å²) in [6.45, 7) is 9.61. The van der Waals surface area contributed by atoms with E-state index in [4.69, 9.17) is 9.47 Å². The van der Waals surface area contributed by atoms with Crippen molar-refractivity contribution in [1.82, 2.24) is 0 Å². The van der Waals surface area contributed by atoms with Crippen molar-refractivity contribution in [2.45, 2.75) is 118 Å². The first kappa shape index (κ1) is 28.9. The lowest BCUT2D eigenvalue weighted by Crippen LogP contribution is -2.05. The molecule has 0 spiro atoms. The summed E-state index contributed by atoms with van der Waals surface area (Å²) in [6.07, 6.45) is 18.5. The number of hydrogen-bond donors (Lipinski definition) is 0. The highest BCUT2D eigenvalue weighted by Crippen LogP contribution is 2.03. The Kier molecular flexibility index (Phi) is 26.5. The van der Waals surface area contributed by atoms with Crippen LogP contribution in [0.15, 0.2) is 12.2 Å². The lowest BCUT2D eigenvalue weighted by Gasteiger charge is -2.03. The van der Waals surface area contributed by atoms with Gasteiger partial charge in [0.15, 0.2) is 0 Å². The maximum atomic E-state index is 11.1. The standard InChI is InChI=1S/C12H24O2.C12H22O2/c2*1-3-5-7-9-11-14-12(13)10-8-6-4-2/h3-11H2,1-2H3;7,9H,3-6,8,10-11H2,1-2H3/b;9-7+. The normalized spacial score (nSPS) is 10.4. The molecule has 0 bridgehead atoms. The molecule has 4 heteroatoms. The van der Waals surface area contributed by atoms with Crippen LogP contribution in [0.4, 0.5) is 0 Å². The van der Waals surface area contributed by atoms with Gasteiger partial charge < -0.3 is 9.47 Å². The number of esters is 2. The van der Waals surface area contributed by atoms with Crippen molar-refractivity contribution in [1.29, 1.82) is 0 Å². The van der Waals surface area contributed by atoms with E-state index in [-0.39, 0.29) is 11.9 Å². The summed E-state index contributed by atoms with van der Waals surface area (Å²) in [6, 6.07) is 0. The molecule has 0 fully saturated rings. The molecule has 0 saturated heterocycles. The first-order valence-electron chi connectivity index (χ1n) is 11.6. The summed E-state index contributed by atoms with van der Waals surface area (Å²) < 4.78 is 10.1. The summed E-state index contributed by atoms with van der Waals surface area (Å²) in [7, 11) is 0. The third-order valence-corrected chi connectivity index (χ3v) is 4.19. The molecule has 0 aliphatic heterocycles. The molecule has 0 aromatic carbocycles. The fourth-order valence-corrected chi connectivity index (χ4v) is 2.39. The van der Waals surface area contributed by atoms with Crippen LogP contribution in [-0.4, -0.2) is 25.2 Å². The van der Waals surface area contributed by atoms with Gasteiger partial charge in [-0.15, -0.1) is 0 Å². The molecule has 0 aliphatic rings. The average Bonchev–Trinajstić information content (AvgIpc) is 2.68. The van der Waals surface area contributed by atoms with E-state index in [1.54, 1.807) is 0 Å². The molecule has 0 amide bonds. The maximum Gasteiger partial charge on any atom is 0.306 e. The summed E-state index contributed by atoms with van der Waals surface area (Å²) in [5.74, 6) is -0.0884. The molecule has 0 heterocycles. The highest BCUT2D eigenvalue weighted by Gasteiger charge is 2.01. The van der Waals surface area contributed by atoms with Crippen LogP contribution < -0.4 is 0 Å². The van der Waals surface area contributed by atoms with Crippen LogP contribution in [0, 0.1) is 0 Å². The van der Waals surface area contributed by atoms with Crippen LogP contribution >= 0.6 is 0 Å². The lowest BCUT2D eigenvalue weighted by molar-refractivity contribution is -0.144. The van der Waals surface area contributed by atoms with Crippen LogP contribution in [-0.2, 0) is 19.1 Å². The number of carbonyl (C=O) groups excluding carboxylic acids is 2. The Morgan fingerprint density at radius 2 is 1.14 bits per heavy atom. The van der Waals surface area contributed by atoms with Gasteiger partial charge in [0.05, 0.1) is 6.61 Å². The second kappa shape index (κ2) is 25.7. The predicted molar refractivity (Wildman–Crippen MR) is 118 cm³/mol. The SMILES string of the molecule is CCC/C=C/COC(=O)CCCCC.CCCCCCOC(=O)CCCCC. The molecule has 0 aromatic heterocycles. The molecule has 0 aromatic rings. The van der Waals surface area contributed by atoms with Gasteiger partial charge in [-0.2, -0.15) is 0 Å². The summed E-state index contributed by atoms with van der Waals surface area (Å²) in [5, 5.41) is 0. The fraction of sp³-hybridized carbons (Fsp3) is 0.833. The molecule has 166 valence electrons. The van der Waals surface area contributed by atoms with Crippen LogP contribution in [0.2, 0.25) is 0 Å². The van der Waals surface area contributed by atoms with Crippen molar-refractivity contribution in [3.8, 4) is 0 Å². The molecule has 0 rings (SSSR count). The number of carbonyl (C=O) groups is 2. The van der Waals surface area contributed by atoms with Gasteiger partial charge in [-0.1, -0.05) is 91.2 Å². The van der Waals surface area contributed by atoms with Crippen molar-refractivity contribution >= 4 is 11.9 Å². The maximum absolute atomic E-state index is 11.1. The minimum absolute atomic E-state index is 0.0186. The number of allylic oxidation sites excluding steroid dienone is 1. The minimum atomic E-state index is -0.0698. The van der Waals surface area contributed by atoms with Crippen molar-refractivity contribution in [3.63, 3.8) is 0 Å². The van der Waals surface area contributed by atoms with Gasteiger partial charge in [0.1, 0.15) is 6.61 Å². The summed E-state index contributed by atoms with van der Waals surface area (Å²) >= 11 is 0. The zero-order valence-corrected chi connectivity index (χ0v) is 19.1. The minimum Gasteiger partial charge on any atom is -0.466 e. The van der Waals surface area contributed by atoms with E-state index in [0.29, 0.717) is 26.1 Å². The largest absolute Gasteiger partial charge is 0.466 e. The monoisotopic (exact) mass is 398 g/mol. The first-order chi connectivity index (χ1) is 13.6. The highest BCUT2D eigenvalue weighted by atomic mass is 16.5. The van der Waals surface area contributed by atoms with E-state index in [9.17, 15) is 9.59 Å². The predicted octanol–water partition coefficient (Wildman–Crippen LogP) is 7.16. The van der Waals surface area contributed by atoms with Crippen molar-refractivity contribution in [2.24, 2.45) is 0 Å². The molecule has 28 heavy (non-hydrogen) atoms. The van der Waals surface area contributed by atoms with Crippen LogP contribution in [0.5, 0.6) is 0 Å². The summed E-state index contributed by atoms with van der Waals surface area (Å²) in [4.78, 5) is 22.2. The topological polar surface area (TPSA) is 52.6 Å². The summed E-state index contributed by atoms with van der Waals surface area (Å²) in [5.41, 5.74) is 0. The number of hydrogen-bond acceptors (Lipinski definition) is 4. The molecule has 0 radical (unpaired) electrons. The van der Waals surface area contributed by atoms with Crippen molar-refractivity contribution in [2.75, 3.05) is 13.2 Å². The number of rotatable bonds is 17. The quantitative estimate of drug-likeness (QED) is 0.148. The van der Waals surface area contributed by atoms with E-state index in [0.717, 1.165) is 57.8 Å². The molecule has 0 N–H and O–H groups in total. The zero-order chi connectivity index (χ0) is 21.3. The van der Waals surface area contributed by atoms with E-state index in [2.05, 4.69) is 33.8 Å². The van der Waals surface area contributed by atoms with E-state index in [1.165, 1.54) is 19.3 Å². The van der Waals surface area contributed by atoms with Gasteiger partial charge in [-0.05, 0) is 25.7 Å². The lowest BCUT2D eigenvalue weighted by atomic mass is 10.2. The average molecular weight is 399 g/mol. The van der Waals surface area contributed by atoms with E-state index in [1.807, 2.05) is 6.08 Å².